The number of esters is 1. The number of aliphatic hydroxyl groups is 1. The predicted octanol–water partition coefficient (Wildman–Crippen LogP) is 9.89. The van der Waals surface area contributed by atoms with E-state index in [1.807, 2.05) is 21.1 Å². The monoisotopic (exact) mass is 750 g/mol. The molecule has 0 aliphatic heterocycles. The van der Waals surface area contributed by atoms with Crippen LogP contribution in [0.3, 0.4) is 0 Å². The van der Waals surface area contributed by atoms with Crippen LogP contribution < -0.4 is 4.89 Å². The number of carboxylic acids is 1. The third kappa shape index (κ3) is 41.6. The smallest absolute Gasteiger partial charge is 0.305 e. The van der Waals surface area contributed by atoms with Crippen molar-refractivity contribution < 1.29 is 47.5 Å². The first-order chi connectivity index (χ1) is 24.4. The lowest BCUT2D eigenvalue weighted by Gasteiger charge is -2.27. The molecule has 0 spiro atoms. The maximum absolute atomic E-state index is 11.9. The van der Waals surface area contributed by atoms with Crippen LogP contribution in [0.2, 0.25) is 0 Å². The molecule has 11 heteroatoms. The highest BCUT2D eigenvalue weighted by Crippen LogP contribution is 2.38. The van der Waals surface area contributed by atoms with E-state index in [4.69, 9.17) is 14.4 Å². The van der Waals surface area contributed by atoms with Crippen LogP contribution in [0.5, 0.6) is 0 Å². The molecule has 1 unspecified atom stereocenters. The van der Waals surface area contributed by atoms with E-state index in [-0.39, 0.29) is 19.2 Å². The number of likely N-dealkylation sites (N-methyl/N-ethyl adjacent to an activating group) is 1. The molecule has 0 aromatic carbocycles. The average Bonchev–Trinajstić information content (AvgIpc) is 3.06. The number of hydrogen-bond donors (Lipinski definition) is 2. The van der Waals surface area contributed by atoms with Crippen molar-refractivity contribution in [2.45, 2.75) is 199 Å². The number of nitrogens with zero attached hydrogens (tertiary/aromatic N) is 1. The van der Waals surface area contributed by atoms with Crippen molar-refractivity contribution in [1.82, 2.24) is 0 Å². The molecule has 51 heavy (non-hydrogen) atoms. The van der Waals surface area contributed by atoms with Crippen LogP contribution in [-0.2, 0) is 27.9 Å². The van der Waals surface area contributed by atoms with Gasteiger partial charge in [-0.25, -0.2) is 0 Å². The van der Waals surface area contributed by atoms with Gasteiger partial charge in [0.15, 0.2) is 0 Å². The molecule has 2 N–H and O–H groups in total. The Labute approximate surface area is 313 Å². The van der Waals surface area contributed by atoms with Crippen molar-refractivity contribution in [3.05, 3.63) is 0 Å². The molecule has 0 saturated carbocycles. The summed E-state index contributed by atoms with van der Waals surface area (Å²) in [4.78, 5) is 34.2. The summed E-state index contributed by atoms with van der Waals surface area (Å²) in [5.74, 6) is -1.06. The van der Waals surface area contributed by atoms with Crippen LogP contribution in [0.1, 0.15) is 193 Å². The molecule has 0 aromatic rings. The van der Waals surface area contributed by atoms with E-state index in [1.165, 1.54) is 148 Å². The van der Waals surface area contributed by atoms with Gasteiger partial charge in [0.05, 0.1) is 27.7 Å². The highest BCUT2D eigenvalue weighted by atomic mass is 31.2. The maximum Gasteiger partial charge on any atom is 0.305 e. The number of carboxylic acid groups (broad SMARTS) is 1. The minimum absolute atomic E-state index is 0.0107. The van der Waals surface area contributed by atoms with Gasteiger partial charge in [-0.1, -0.05) is 167 Å². The topological polar surface area (TPSA) is 142 Å². The lowest BCUT2D eigenvalue weighted by molar-refractivity contribution is -0.870. The Morgan fingerprint density at radius 2 is 0.863 bits per heavy atom. The lowest BCUT2D eigenvalue weighted by atomic mass is 10.0. The van der Waals surface area contributed by atoms with E-state index in [9.17, 15) is 24.2 Å². The number of aliphatic carboxylic acids is 1. The largest absolute Gasteiger partial charge is 0.756 e. The van der Waals surface area contributed by atoms with E-state index in [1.54, 1.807) is 0 Å². The van der Waals surface area contributed by atoms with Crippen LogP contribution in [0.25, 0.3) is 0 Å². The zero-order valence-electron chi connectivity index (χ0n) is 33.3. The quantitative estimate of drug-likeness (QED) is 0.0271. The molecule has 0 heterocycles. The van der Waals surface area contributed by atoms with Gasteiger partial charge in [-0.05, 0) is 12.8 Å². The number of carbonyl (C=O) groups is 2. The van der Waals surface area contributed by atoms with Crippen LogP contribution in [0.15, 0.2) is 0 Å². The molecular weight excluding hydrogens is 669 g/mol. The zero-order chi connectivity index (χ0) is 37.9. The van der Waals surface area contributed by atoms with Crippen molar-refractivity contribution in [2.24, 2.45) is 0 Å². The number of rotatable bonds is 40. The maximum atomic E-state index is 11.9. The molecule has 0 saturated heterocycles. The fourth-order valence-corrected chi connectivity index (χ4v) is 6.83. The van der Waals surface area contributed by atoms with Gasteiger partial charge >= 0.3 is 11.9 Å². The van der Waals surface area contributed by atoms with Gasteiger partial charge in [0.1, 0.15) is 25.9 Å². The molecule has 0 radical (unpaired) electrons. The number of aliphatic hydroxyl groups excluding tert-OH is 1. The fraction of sp³-hybridized carbons (Fsp3) is 0.950. The first kappa shape index (κ1) is 50.0. The Balaban J connectivity index is 3.31. The molecule has 0 amide bonds. The zero-order valence-corrected chi connectivity index (χ0v) is 34.2. The molecule has 0 aliphatic rings. The van der Waals surface area contributed by atoms with E-state index in [0.717, 1.165) is 32.1 Å². The Hall–Kier alpha value is -1.03. The molecule has 0 rings (SSSR count). The first-order valence-corrected chi connectivity index (χ1v) is 22.3. The SMILES string of the molecule is C[N+](C)(C)CCOP(=O)([O-])OC[C@H](O)COC(=O)CCCCCCCCCCCCCCCCCCCCCCCCCCCCCCC(=O)O. The van der Waals surface area contributed by atoms with Gasteiger partial charge in [-0.15, -0.1) is 0 Å². The molecule has 304 valence electrons. The number of carbonyl (C=O) groups excluding carboxylic acids is 1. The second-order valence-electron chi connectivity index (χ2n) is 15.7. The number of hydrogen-bond acceptors (Lipinski definition) is 8. The fourth-order valence-electron chi connectivity index (χ4n) is 6.09. The Morgan fingerprint density at radius 1 is 0.549 bits per heavy atom. The molecule has 0 aliphatic carbocycles. The molecule has 0 fully saturated rings. The standard InChI is InChI=1S/C40H80NO9P/c1-41(2,3)34-35-49-51(46,47)50-37-38(42)36-48-40(45)33-31-29-27-25-23-21-19-17-15-13-11-9-7-5-4-6-8-10-12-14-16-18-20-22-24-26-28-30-32-39(43)44/h38,42H,4-37H2,1-3H3,(H-,43,44,46,47)/t38-/m1/s1. The summed E-state index contributed by atoms with van der Waals surface area (Å²) in [6.45, 7) is -0.332. The van der Waals surface area contributed by atoms with Gasteiger partial charge in [0, 0.05) is 12.8 Å². The molecular formula is C40H80NO9P. The third-order valence-electron chi connectivity index (χ3n) is 9.39. The normalized spacial score (nSPS) is 13.7. The van der Waals surface area contributed by atoms with Crippen LogP contribution in [0, 0.1) is 0 Å². The van der Waals surface area contributed by atoms with Crippen molar-refractivity contribution in [2.75, 3.05) is 47.5 Å². The average molecular weight is 750 g/mol. The Morgan fingerprint density at radius 3 is 1.18 bits per heavy atom. The lowest BCUT2D eigenvalue weighted by Crippen LogP contribution is -2.37. The van der Waals surface area contributed by atoms with Gasteiger partial charge in [0.2, 0.25) is 0 Å². The number of ether oxygens (including phenoxy) is 1. The van der Waals surface area contributed by atoms with Crippen LogP contribution in [-0.4, -0.2) is 80.2 Å². The van der Waals surface area contributed by atoms with Crippen LogP contribution >= 0.6 is 7.82 Å². The molecule has 0 aromatic heterocycles. The second-order valence-corrected chi connectivity index (χ2v) is 17.1. The van der Waals surface area contributed by atoms with Gasteiger partial charge < -0.3 is 33.4 Å². The highest BCUT2D eigenvalue weighted by Gasteiger charge is 2.17. The van der Waals surface area contributed by atoms with Gasteiger partial charge in [0.25, 0.3) is 7.82 Å². The molecule has 2 atom stereocenters. The Kier molecular flexibility index (Phi) is 34.0. The van der Waals surface area contributed by atoms with E-state index in [2.05, 4.69) is 4.52 Å². The molecule has 10 nitrogen and oxygen atoms in total. The van der Waals surface area contributed by atoms with Gasteiger partial charge in [-0.2, -0.15) is 0 Å². The number of quaternary nitrogens is 1. The van der Waals surface area contributed by atoms with Crippen molar-refractivity contribution in [3.8, 4) is 0 Å². The summed E-state index contributed by atoms with van der Waals surface area (Å²) in [5.41, 5.74) is 0. The summed E-state index contributed by atoms with van der Waals surface area (Å²) in [7, 11) is 1.24. The van der Waals surface area contributed by atoms with Crippen molar-refractivity contribution in [1.29, 1.82) is 0 Å². The summed E-state index contributed by atoms with van der Waals surface area (Å²) in [6, 6.07) is 0. The van der Waals surface area contributed by atoms with Crippen molar-refractivity contribution in [3.63, 3.8) is 0 Å². The summed E-state index contributed by atoms with van der Waals surface area (Å²) >= 11 is 0. The number of phosphoric ester groups is 1. The second kappa shape index (κ2) is 34.7. The summed E-state index contributed by atoms with van der Waals surface area (Å²) < 4.78 is 26.8. The predicted molar refractivity (Wildman–Crippen MR) is 206 cm³/mol. The van der Waals surface area contributed by atoms with E-state index in [0.29, 0.717) is 23.9 Å². The van der Waals surface area contributed by atoms with E-state index < -0.39 is 26.5 Å². The van der Waals surface area contributed by atoms with Gasteiger partial charge in [-0.3, -0.25) is 14.2 Å². The summed E-state index contributed by atoms with van der Waals surface area (Å²) in [6.07, 6.45) is 35.1. The first-order valence-electron chi connectivity index (χ1n) is 20.9. The highest BCUT2D eigenvalue weighted by molar-refractivity contribution is 7.45. The van der Waals surface area contributed by atoms with Crippen molar-refractivity contribution >= 4 is 19.8 Å². The number of phosphoric acid groups is 1. The van der Waals surface area contributed by atoms with E-state index >= 15 is 0 Å². The molecule has 0 bridgehead atoms. The minimum atomic E-state index is -4.50. The third-order valence-corrected chi connectivity index (χ3v) is 10.4. The minimum Gasteiger partial charge on any atom is -0.756 e. The Bertz CT molecular complexity index is 852. The summed E-state index contributed by atoms with van der Waals surface area (Å²) in [5, 5.41) is 18.5. The number of unbranched alkanes of at least 4 members (excludes halogenated alkanes) is 27. The van der Waals surface area contributed by atoms with Crippen LogP contribution in [0.4, 0.5) is 0 Å².